The lowest BCUT2D eigenvalue weighted by Crippen LogP contribution is -2.24. The minimum absolute atomic E-state index is 0.622. The van der Waals surface area contributed by atoms with Gasteiger partial charge in [-0.25, -0.2) is 0 Å². The minimum Gasteiger partial charge on any atom is -0.619 e. The van der Waals surface area contributed by atoms with Gasteiger partial charge in [-0.05, 0) is 31.9 Å². The molecule has 0 fully saturated rings. The van der Waals surface area contributed by atoms with E-state index in [4.69, 9.17) is 4.74 Å². The van der Waals surface area contributed by atoms with Crippen LogP contribution in [0.15, 0.2) is 21.3 Å². The molecule has 0 saturated heterocycles. The molecular weight excluding hydrogens is 278 g/mol. The highest BCUT2D eigenvalue weighted by Crippen LogP contribution is 2.30. The second-order valence-corrected chi connectivity index (χ2v) is 3.56. The van der Waals surface area contributed by atoms with Crippen molar-refractivity contribution in [3.63, 3.8) is 0 Å². The number of nitrogens with zero attached hydrogens (tertiary/aromatic N) is 1. The van der Waals surface area contributed by atoms with Crippen LogP contribution in [0.2, 0.25) is 0 Å². The number of methoxy groups -OCH3 is 1. The third-order valence-corrected chi connectivity index (χ3v) is 2.25. The fourth-order valence-corrected chi connectivity index (χ4v) is 2.11. The number of hydrogen-bond acceptors (Lipinski definition) is 2. The highest BCUT2D eigenvalue weighted by Gasteiger charge is 2.09. The molecule has 0 bridgehead atoms. The quantitative estimate of drug-likeness (QED) is 0.582. The number of hydrogen-bond donors (Lipinski definition) is 0. The standard InChI is InChI=1S/C6H5Br2NO2/c1-11-6-4(7)2-9(10)3-5(6)8/h2-3H,1H3. The van der Waals surface area contributed by atoms with Crippen LogP contribution in [0.3, 0.4) is 0 Å². The Morgan fingerprint density at radius 1 is 1.36 bits per heavy atom. The van der Waals surface area contributed by atoms with Gasteiger partial charge < -0.3 is 9.94 Å². The van der Waals surface area contributed by atoms with Crippen molar-refractivity contribution in [3.05, 3.63) is 26.5 Å². The average molecular weight is 283 g/mol. The van der Waals surface area contributed by atoms with E-state index in [9.17, 15) is 5.21 Å². The Bertz CT molecular complexity index is 254. The third-order valence-electron chi connectivity index (χ3n) is 1.12. The Hall–Kier alpha value is -0.290. The number of rotatable bonds is 1. The lowest BCUT2D eigenvalue weighted by atomic mass is 10.4. The number of ether oxygens (including phenoxy) is 1. The van der Waals surface area contributed by atoms with Crippen molar-refractivity contribution >= 4 is 31.9 Å². The molecule has 3 nitrogen and oxygen atoms in total. The Kier molecular flexibility index (Phi) is 2.72. The van der Waals surface area contributed by atoms with E-state index in [0.29, 0.717) is 19.4 Å². The Morgan fingerprint density at radius 2 is 1.82 bits per heavy atom. The van der Waals surface area contributed by atoms with Crippen LogP contribution >= 0.6 is 31.9 Å². The Labute approximate surface area is 80.8 Å². The van der Waals surface area contributed by atoms with E-state index in [1.54, 1.807) is 7.11 Å². The molecule has 0 atom stereocenters. The molecule has 5 heteroatoms. The molecule has 1 aromatic rings. The summed E-state index contributed by atoms with van der Waals surface area (Å²) in [6.07, 6.45) is 2.76. The second kappa shape index (κ2) is 3.40. The number of halogens is 2. The van der Waals surface area contributed by atoms with Crippen molar-refractivity contribution in [2.24, 2.45) is 0 Å². The summed E-state index contributed by atoms with van der Waals surface area (Å²) in [4.78, 5) is 0. The van der Waals surface area contributed by atoms with Gasteiger partial charge >= 0.3 is 0 Å². The SMILES string of the molecule is COc1c(Br)c[n+]([O-])cc1Br. The fourth-order valence-electron chi connectivity index (χ4n) is 0.687. The van der Waals surface area contributed by atoms with Gasteiger partial charge in [0, 0.05) is 0 Å². The smallest absolute Gasteiger partial charge is 0.198 e. The zero-order chi connectivity index (χ0) is 8.43. The van der Waals surface area contributed by atoms with E-state index in [2.05, 4.69) is 31.9 Å². The predicted molar refractivity (Wildman–Crippen MR) is 47.4 cm³/mol. The van der Waals surface area contributed by atoms with Crippen molar-refractivity contribution in [2.45, 2.75) is 0 Å². The maximum atomic E-state index is 10.8. The Morgan fingerprint density at radius 3 is 2.18 bits per heavy atom. The molecule has 0 aromatic carbocycles. The lowest BCUT2D eigenvalue weighted by molar-refractivity contribution is -0.606. The van der Waals surface area contributed by atoms with E-state index in [1.807, 2.05) is 0 Å². The van der Waals surface area contributed by atoms with Gasteiger partial charge in [0.1, 0.15) is 8.95 Å². The zero-order valence-corrected chi connectivity index (χ0v) is 8.85. The van der Waals surface area contributed by atoms with Gasteiger partial charge in [-0.3, -0.25) is 0 Å². The van der Waals surface area contributed by atoms with Gasteiger partial charge in [0.15, 0.2) is 18.1 Å². The summed E-state index contributed by atoms with van der Waals surface area (Å²) in [6.45, 7) is 0. The molecule has 1 rings (SSSR count). The lowest BCUT2D eigenvalue weighted by Gasteiger charge is -2.04. The first-order chi connectivity index (χ1) is 5.15. The first-order valence-corrected chi connectivity index (χ1v) is 4.35. The van der Waals surface area contributed by atoms with Gasteiger partial charge in [-0.15, -0.1) is 0 Å². The highest BCUT2D eigenvalue weighted by atomic mass is 79.9. The molecule has 0 aliphatic carbocycles. The molecule has 0 radical (unpaired) electrons. The summed E-state index contributed by atoms with van der Waals surface area (Å²) in [5, 5.41) is 10.8. The normalized spacial score (nSPS) is 9.73. The van der Waals surface area contributed by atoms with E-state index >= 15 is 0 Å². The van der Waals surface area contributed by atoms with E-state index in [1.165, 1.54) is 12.4 Å². The zero-order valence-electron chi connectivity index (χ0n) is 5.67. The van der Waals surface area contributed by atoms with Crippen LogP contribution in [-0.4, -0.2) is 7.11 Å². The van der Waals surface area contributed by atoms with Gasteiger partial charge in [0.05, 0.1) is 7.11 Å². The molecular formula is C6H5Br2NO2. The van der Waals surface area contributed by atoms with Crippen LogP contribution in [0, 0.1) is 5.21 Å². The van der Waals surface area contributed by atoms with Crippen LogP contribution in [0.1, 0.15) is 0 Å². The van der Waals surface area contributed by atoms with Crippen LogP contribution in [0.5, 0.6) is 5.75 Å². The van der Waals surface area contributed by atoms with Crippen molar-refractivity contribution in [2.75, 3.05) is 7.11 Å². The summed E-state index contributed by atoms with van der Waals surface area (Å²) in [5.41, 5.74) is 0. The van der Waals surface area contributed by atoms with Crippen LogP contribution < -0.4 is 9.47 Å². The molecule has 0 spiro atoms. The predicted octanol–water partition coefficient (Wildman–Crippen LogP) is 1.85. The van der Waals surface area contributed by atoms with Gasteiger partial charge in [0.2, 0.25) is 0 Å². The van der Waals surface area contributed by atoms with Crippen LogP contribution in [-0.2, 0) is 0 Å². The van der Waals surface area contributed by atoms with Gasteiger partial charge in [0.25, 0.3) is 0 Å². The molecule has 1 aromatic heterocycles. The summed E-state index contributed by atoms with van der Waals surface area (Å²) in [6, 6.07) is 0. The topological polar surface area (TPSA) is 36.2 Å². The van der Waals surface area contributed by atoms with E-state index < -0.39 is 0 Å². The first kappa shape index (κ1) is 8.80. The molecule has 0 aliphatic heterocycles. The number of aromatic nitrogens is 1. The molecule has 1 heterocycles. The molecule has 0 aliphatic rings. The second-order valence-electron chi connectivity index (χ2n) is 1.85. The van der Waals surface area contributed by atoms with Crippen molar-refractivity contribution in [3.8, 4) is 5.75 Å². The van der Waals surface area contributed by atoms with E-state index in [0.717, 1.165) is 0 Å². The maximum Gasteiger partial charge on any atom is 0.198 e. The van der Waals surface area contributed by atoms with Gasteiger partial charge in [-0.1, -0.05) is 0 Å². The molecule has 0 saturated carbocycles. The highest BCUT2D eigenvalue weighted by molar-refractivity contribution is 9.11. The molecule has 0 N–H and O–H groups in total. The summed E-state index contributed by atoms with van der Waals surface area (Å²) >= 11 is 6.36. The van der Waals surface area contributed by atoms with Crippen molar-refractivity contribution in [1.29, 1.82) is 0 Å². The molecule has 60 valence electrons. The Balaban J connectivity index is 3.25. The third kappa shape index (κ3) is 1.84. The minimum atomic E-state index is 0.622. The average Bonchev–Trinajstić information content (AvgIpc) is 1.85. The maximum absolute atomic E-state index is 10.8. The van der Waals surface area contributed by atoms with Crippen molar-refractivity contribution < 1.29 is 9.47 Å². The fraction of sp³-hybridized carbons (Fsp3) is 0.167. The van der Waals surface area contributed by atoms with Crippen LogP contribution in [0.25, 0.3) is 0 Å². The van der Waals surface area contributed by atoms with E-state index in [-0.39, 0.29) is 0 Å². The monoisotopic (exact) mass is 281 g/mol. The molecule has 11 heavy (non-hydrogen) atoms. The largest absolute Gasteiger partial charge is 0.619 e. The molecule has 0 unspecified atom stereocenters. The van der Waals surface area contributed by atoms with Crippen molar-refractivity contribution in [1.82, 2.24) is 0 Å². The van der Waals surface area contributed by atoms with Crippen LogP contribution in [0.4, 0.5) is 0 Å². The van der Waals surface area contributed by atoms with Gasteiger partial charge in [-0.2, -0.15) is 4.73 Å². The summed E-state index contributed by atoms with van der Waals surface area (Å²) in [5.74, 6) is 0.622. The first-order valence-electron chi connectivity index (χ1n) is 2.77. The summed E-state index contributed by atoms with van der Waals surface area (Å²) in [7, 11) is 1.54. The number of pyridine rings is 1. The summed E-state index contributed by atoms with van der Waals surface area (Å²) < 4.78 is 6.93. The molecule has 0 amide bonds.